The molecule has 1 heterocycles. The number of benzene rings is 1. The van der Waals surface area contributed by atoms with Gasteiger partial charge in [-0.1, -0.05) is 23.2 Å². The number of fused-ring (bicyclic) bond motifs is 1. The predicted octanol–water partition coefficient (Wildman–Crippen LogP) is 3.37. The lowest BCUT2D eigenvalue weighted by atomic mass is 10.1. The molecule has 2 rings (SSSR count). The number of nitrogens with zero attached hydrogens (tertiary/aromatic N) is 1. The molecule has 0 atom stereocenters. The van der Waals surface area contributed by atoms with Gasteiger partial charge >= 0.3 is 5.97 Å². The SMILES string of the molecule is CNc1c(C(=O)OC)cnc2c(Cl)c(Cl)ccc12. The van der Waals surface area contributed by atoms with Crippen molar-refractivity contribution in [1.82, 2.24) is 4.98 Å². The quantitative estimate of drug-likeness (QED) is 0.859. The average molecular weight is 285 g/mol. The van der Waals surface area contributed by atoms with Gasteiger partial charge in [-0.05, 0) is 12.1 Å². The van der Waals surface area contributed by atoms with E-state index in [0.717, 1.165) is 5.39 Å². The lowest BCUT2D eigenvalue weighted by Crippen LogP contribution is -2.07. The number of methoxy groups -OCH3 is 1. The van der Waals surface area contributed by atoms with E-state index < -0.39 is 5.97 Å². The molecule has 4 nitrogen and oxygen atoms in total. The second-order valence-electron chi connectivity index (χ2n) is 3.55. The molecule has 0 aliphatic rings. The first kappa shape index (κ1) is 12.9. The van der Waals surface area contributed by atoms with E-state index in [1.54, 1.807) is 19.2 Å². The first-order valence-corrected chi connectivity index (χ1v) is 5.88. The minimum atomic E-state index is -0.458. The summed E-state index contributed by atoms with van der Waals surface area (Å²) < 4.78 is 4.70. The van der Waals surface area contributed by atoms with Crippen LogP contribution < -0.4 is 5.32 Å². The minimum absolute atomic E-state index is 0.353. The summed E-state index contributed by atoms with van der Waals surface area (Å²) in [6, 6.07) is 3.42. The monoisotopic (exact) mass is 284 g/mol. The number of hydrogen-bond acceptors (Lipinski definition) is 4. The Hall–Kier alpha value is -1.52. The summed E-state index contributed by atoms with van der Waals surface area (Å²) in [5, 5.41) is 4.46. The maximum atomic E-state index is 11.6. The van der Waals surface area contributed by atoms with Crippen molar-refractivity contribution in [3.63, 3.8) is 0 Å². The normalized spacial score (nSPS) is 10.4. The van der Waals surface area contributed by atoms with Gasteiger partial charge < -0.3 is 10.1 Å². The number of rotatable bonds is 2. The zero-order chi connectivity index (χ0) is 13.3. The van der Waals surface area contributed by atoms with Gasteiger partial charge in [0.1, 0.15) is 5.56 Å². The molecule has 0 radical (unpaired) electrons. The largest absolute Gasteiger partial charge is 0.465 e. The Labute approximate surface area is 114 Å². The van der Waals surface area contributed by atoms with E-state index in [0.29, 0.717) is 26.8 Å². The van der Waals surface area contributed by atoms with Crippen LogP contribution in [0.2, 0.25) is 10.0 Å². The molecule has 0 saturated heterocycles. The van der Waals surface area contributed by atoms with Crippen LogP contribution in [-0.4, -0.2) is 25.1 Å². The van der Waals surface area contributed by atoms with Gasteiger partial charge in [0.05, 0.1) is 28.4 Å². The Bertz CT molecular complexity index is 629. The maximum absolute atomic E-state index is 11.6. The fourth-order valence-corrected chi connectivity index (χ4v) is 2.11. The number of carbonyl (C=O) groups excluding carboxylic acids is 1. The van der Waals surface area contributed by atoms with Crippen molar-refractivity contribution < 1.29 is 9.53 Å². The highest BCUT2D eigenvalue weighted by atomic mass is 35.5. The molecule has 18 heavy (non-hydrogen) atoms. The molecule has 0 spiro atoms. The van der Waals surface area contributed by atoms with Crippen LogP contribution in [0.25, 0.3) is 10.9 Å². The van der Waals surface area contributed by atoms with Gasteiger partial charge in [0.25, 0.3) is 0 Å². The van der Waals surface area contributed by atoms with Gasteiger partial charge in [-0.15, -0.1) is 0 Å². The second-order valence-corrected chi connectivity index (χ2v) is 4.33. The number of nitrogens with one attached hydrogen (secondary N) is 1. The zero-order valence-electron chi connectivity index (χ0n) is 9.75. The Balaban J connectivity index is 2.81. The fraction of sp³-hybridized carbons (Fsp3) is 0.167. The molecule has 0 aliphatic heterocycles. The van der Waals surface area contributed by atoms with Crippen molar-refractivity contribution in [2.45, 2.75) is 0 Å². The van der Waals surface area contributed by atoms with Crippen LogP contribution in [-0.2, 0) is 4.74 Å². The third-order valence-electron chi connectivity index (χ3n) is 2.59. The van der Waals surface area contributed by atoms with Crippen LogP contribution in [0.3, 0.4) is 0 Å². The standard InChI is InChI=1S/C12H10Cl2N2O2/c1-15-10-6-3-4-8(13)9(14)11(6)16-5-7(10)12(17)18-2/h3-5H,1-2H3,(H,15,16). The summed E-state index contributed by atoms with van der Waals surface area (Å²) >= 11 is 12.0. The van der Waals surface area contributed by atoms with Crippen LogP contribution in [0.1, 0.15) is 10.4 Å². The highest BCUT2D eigenvalue weighted by Gasteiger charge is 2.17. The third-order valence-corrected chi connectivity index (χ3v) is 3.38. The van der Waals surface area contributed by atoms with Gasteiger partial charge in [-0.3, -0.25) is 4.98 Å². The van der Waals surface area contributed by atoms with Gasteiger partial charge in [0.2, 0.25) is 0 Å². The van der Waals surface area contributed by atoms with Crippen molar-refractivity contribution in [2.75, 3.05) is 19.5 Å². The molecule has 0 aliphatic carbocycles. The molecule has 94 valence electrons. The van der Waals surface area contributed by atoms with Crippen LogP contribution in [0.4, 0.5) is 5.69 Å². The number of halogens is 2. The molecule has 1 N–H and O–H groups in total. The van der Waals surface area contributed by atoms with E-state index in [4.69, 9.17) is 27.9 Å². The number of aromatic nitrogens is 1. The van der Waals surface area contributed by atoms with Gasteiger partial charge in [0, 0.05) is 18.6 Å². The summed E-state index contributed by atoms with van der Waals surface area (Å²) in [6.07, 6.45) is 1.42. The van der Waals surface area contributed by atoms with Crippen molar-refractivity contribution in [1.29, 1.82) is 0 Å². The number of pyridine rings is 1. The third kappa shape index (κ3) is 1.98. The zero-order valence-corrected chi connectivity index (χ0v) is 11.3. The minimum Gasteiger partial charge on any atom is -0.465 e. The average Bonchev–Trinajstić information content (AvgIpc) is 2.40. The molecule has 0 saturated carbocycles. The van der Waals surface area contributed by atoms with Gasteiger partial charge in [-0.2, -0.15) is 0 Å². The Kier molecular flexibility index (Phi) is 3.59. The molecular weight excluding hydrogens is 275 g/mol. The fourth-order valence-electron chi connectivity index (χ4n) is 1.74. The molecule has 0 amide bonds. The van der Waals surface area contributed by atoms with E-state index >= 15 is 0 Å². The van der Waals surface area contributed by atoms with Crippen LogP contribution in [0.5, 0.6) is 0 Å². The number of ether oxygens (including phenoxy) is 1. The summed E-state index contributed by atoms with van der Waals surface area (Å²) in [5.74, 6) is -0.458. The first-order valence-electron chi connectivity index (χ1n) is 5.13. The van der Waals surface area contributed by atoms with Crippen molar-refractivity contribution in [3.05, 3.63) is 33.9 Å². The van der Waals surface area contributed by atoms with E-state index in [1.807, 2.05) is 0 Å². The van der Waals surface area contributed by atoms with E-state index in [2.05, 4.69) is 10.3 Å². The number of carbonyl (C=O) groups is 1. The van der Waals surface area contributed by atoms with Crippen LogP contribution >= 0.6 is 23.2 Å². The molecule has 0 unspecified atom stereocenters. The second kappa shape index (κ2) is 5.00. The Morgan fingerprint density at radius 1 is 1.39 bits per heavy atom. The molecule has 2 aromatic rings. The number of esters is 1. The van der Waals surface area contributed by atoms with Crippen molar-refractivity contribution in [3.8, 4) is 0 Å². The number of anilines is 1. The highest BCUT2D eigenvalue weighted by molar-refractivity contribution is 6.45. The predicted molar refractivity (Wildman–Crippen MR) is 72.6 cm³/mol. The van der Waals surface area contributed by atoms with E-state index in [1.165, 1.54) is 13.3 Å². The van der Waals surface area contributed by atoms with Crippen molar-refractivity contribution >= 4 is 45.8 Å². The van der Waals surface area contributed by atoms with Gasteiger partial charge in [0.15, 0.2) is 0 Å². The lowest BCUT2D eigenvalue weighted by Gasteiger charge is -2.11. The van der Waals surface area contributed by atoms with E-state index in [-0.39, 0.29) is 0 Å². The highest BCUT2D eigenvalue weighted by Crippen LogP contribution is 2.34. The summed E-state index contributed by atoms with van der Waals surface area (Å²) in [4.78, 5) is 15.8. The molecule has 0 fully saturated rings. The van der Waals surface area contributed by atoms with E-state index in [9.17, 15) is 4.79 Å². The summed E-state index contributed by atoms with van der Waals surface area (Å²) in [6.45, 7) is 0. The Morgan fingerprint density at radius 2 is 2.11 bits per heavy atom. The molecule has 0 bridgehead atoms. The summed E-state index contributed by atoms with van der Waals surface area (Å²) in [5.41, 5.74) is 1.51. The molecule has 1 aromatic heterocycles. The molecule has 6 heteroatoms. The van der Waals surface area contributed by atoms with Crippen molar-refractivity contribution in [2.24, 2.45) is 0 Å². The molecular formula is C12H10Cl2N2O2. The van der Waals surface area contributed by atoms with Crippen LogP contribution in [0, 0.1) is 0 Å². The maximum Gasteiger partial charge on any atom is 0.341 e. The number of hydrogen-bond donors (Lipinski definition) is 1. The van der Waals surface area contributed by atoms with Crippen LogP contribution in [0.15, 0.2) is 18.3 Å². The molecule has 1 aromatic carbocycles. The Morgan fingerprint density at radius 3 is 2.72 bits per heavy atom. The topological polar surface area (TPSA) is 51.2 Å². The summed E-state index contributed by atoms with van der Waals surface area (Å²) in [7, 11) is 3.03. The lowest BCUT2D eigenvalue weighted by molar-refractivity contribution is 0.0601. The first-order chi connectivity index (χ1) is 8.60. The van der Waals surface area contributed by atoms with Gasteiger partial charge in [-0.25, -0.2) is 4.79 Å². The smallest absolute Gasteiger partial charge is 0.341 e.